The van der Waals surface area contributed by atoms with Gasteiger partial charge in [0, 0.05) is 37.3 Å². The average Bonchev–Trinajstić information content (AvgIpc) is 3.39. The number of hydrogen-bond donors (Lipinski definition) is 0. The molecule has 0 bridgehead atoms. The lowest BCUT2D eigenvalue weighted by Gasteiger charge is -2.40. The van der Waals surface area contributed by atoms with Crippen LogP contribution in [0.2, 0.25) is 0 Å². The third kappa shape index (κ3) is 4.92. The molecule has 200 valence electrons. The van der Waals surface area contributed by atoms with Crippen molar-refractivity contribution < 1.29 is 9.53 Å². The van der Waals surface area contributed by atoms with Crippen LogP contribution in [0.25, 0.3) is 33.1 Å². The van der Waals surface area contributed by atoms with Crippen LogP contribution in [0.4, 0.5) is 5.82 Å². The second-order valence-electron chi connectivity index (χ2n) is 10.5. The number of carbonyl (C=O) groups excluding carboxylic acids is 1. The molecule has 2 aromatic heterocycles. The van der Waals surface area contributed by atoms with Gasteiger partial charge in [0.25, 0.3) is 0 Å². The number of likely N-dealkylation sites (N-methyl/N-ethyl adjacent to an activating group) is 1. The normalized spacial score (nSPS) is 20.1. The summed E-state index contributed by atoms with van der Waals surface area (Å²) in [6, 6.07) is 19.5. The van der Waals surface area contributed by atoms with Gasteiger partial charge in [-0.15, -0.1) is 0 Å². The number of benzene rings is 2. The van der Waals surface area contributed by atoms with Gasteiger partial charge in [0.2, 0.25) is 5.91 Å². The van der Waals surface area contributed by atoms with Crippen LogP contribution in [-0.4, -0.2) is 82.6 Å². The minimum atomic E-state index is -0.0415. The minimum absolute atomic E-state index is 0.0415. The standard InChI is InChI=1S/C31H34N6O2/c1-4-28(38)36-17-18-37(21(2)19-36)30-26-14-15-27(25-13-7-10-22-9-5-6-12-24(22)25)32-29(26)33-31(34-30)39-20-23-11-8-16-35(23)3/h4-7,9-10,12-15,21,23H,1,8,11,16-20H2,2-3H3/t21-,23+/m1/s1. The SMILES string of the molecule is C=CC(=O)N1CCN(c2nc(OC[C@@H]3CCCN3C)nc3nc(-c4cccc5ccccc45)ccc23)[C@H](C)C1. The number of carbonyl (C=O) groups is 1. The van der Waals surface area contributed by atoms with Crippen molar-refractivity contribution in [1.82, 2.24) is 24.8 Å². The Morgan fingerprint density at radius 3 is 2.67 bits per heavy atom. The number of nitrogens with zero attached hydrogens (tertiary/aromatic N) is 6. The Bertz CT molecular complexity index is 1530. The molecule has 1 amide bonds. The van der Waals surface area contributed by atoms with E-state index in [1.165, 1.54) is 17.9 Å². The van der Waals surface area contributed by atoms with Crippen molar-refractivity contribution in [2.75, 3.05) is 44.7 Å². The molecule has 0 aliphatic carbocycles. The zero-order valence-corrected chi connectivity index (χ0v) is 22.6. The van der Waals surface area contributed by atoms with Crippen LogP contribution >= 0.6 is 0 Å². The van der Waals surface area contributed by atoms with E-state index in [0.717, 1.165) is 40.8 Å². The topological polar surface area (TPSA) is 74.7 Å². The number of aromatic nitrogens is 3. The maximum absolute atomic E-state index is 12.3. The third-order valence-electron chi connectivity index (χ3n) is 8.05. The number of piperazine rings is 1. The number of fused-ring (bicyclic) bond motifs is 2. The summed E-state index contributed by atoms with van der Waals surface area (Å²) in [5.74, 6) is 0.755. The van der Waals surface area contributed by atoms with E-state index in [1.807, 2.05) is 17.0 Å². The van der Waals surface area contributed by atoms with Gasteiger partial charge in [0.15, 0.2) is 5.65 Å². The van der Waals surface area contributed by atoms with Gasteiger partial charge < -0.3 is 19.4 Å². The molecule has 2 fully saturated rings. The Balaban J connectivity index is 1.40. The highest BCUT2D eigenvalue weighted by Gasteiger charge is 2.29. The number of anilines is 1. The number of rotatable bonds is 6. The Morgan fingerprint density at radius 1 is 1.03 bits per heavy atom. The number of pyridine rings is 1. The molecule has 0 radical (unpaired) electrons. The lowest BCUT2D eigenvalue weighted by atomic mass is 10.0. The fourth-order valence-electron chi connectivity index (χ4n) is 5.82. The summed E-state index contributed by atoms with van der Waals surface area (Å²) < 4.78 is 6.22. The second kappa shape index (κ2) is 10.6. The largest absolute Gasteiger partial charge is 0.462 e. The van der Waals surface area contributed by atoms with E-state index in [0.29, 0.717) is 43.9 Å². The molecule has 39 heavy (non-hydrogen) atoms. The summed E-state index contributed by atoms with van der Waals surface area (Å²) in [7, 11) is 2.14. The van der Waals surface area contributed by atoms with Crippen molar-refractivity contribution in [3.63, 3.8) is 0 Å². The monoisotopic (exact) mass is 522 g/mol. The highest BCUT2D eigenvalue weighted by atomic mass is 16.5. The number of amides is 1. The first kappa shape index (κ1) is 25.2. The van der Waals surface area contributed by atoms with E-state index in [2.05, 4.69) is 72.8 Å². The number of likely N-dealkylation sites (tertiary alicyclic amines) is 1. The maximum Gasteiger partial charge on any atom is 0.320 e. The zero-order valence-electron chi connectivity index (χ0n) is 22.6. The summed E-state index contributed by atoms with van der Waals surface area (Å²) in [6.07, 6.45) is 3.67. The summed E-state index contributed by atoms with van der Waals surface area (Å²) >= 11 is 0. The molecular weight excluding hydrogens is 488 g/mol. The van der Waals surface area contributed by atoms with Gasteiger partial charge in [0.1, 0.15) is 12.4 Å². The Kier molecular flexibility index (Phi) is 6.87. The van der Waals surface area contributed by atoms with Gasteiger partial charge in [-0.05, 0) is 62.3 Å². The molecule has 4 heterocycles. The van der Waals surface area contributed by atoms with Crippen LogP contribution in [0, 0.1) is 0 Å². The van der Waals surface area contributed by atoms with E-state index in [-0.39, 0.29) is 11.9 Å². The van der Waals surface area contributed by atoms with Crippen LogP contribution in [0.3, 0.4) is 0 Å². The Hall–Kier alpha value is -4.04. The maximum atomic E-state index is 12.3. The van der Waals surface area contributed by atoms with E-state index >= 15 is 0 Å². The first-order chi connectivity index (χ1) is 19.0. The van der Waals surface area contributed by atoms with Crippen LogP contribution in [-0.2, 0) is 4.79 Å². The van der Waals surface area contributed by atoms with Gasteiger partial charge in [0.05, 0.1) is 11.1 Å². The summed E-state index contributed by atoms with van der Waals surface area (Å²) in [5, 5.41) is 3.20. The van der Waals surface area contributed by atoms with Crippen molar-refractivity contribution in [2.24, 2.45) is 0 Å². The fraction of sp³-hybridized carbons (Fsp3) is 0.355. The van der Waals surface area contributed by atoms with E-state index in [1.54, 1.807) is 0 Å². The lowest BCUT2D eigenvalue weighted by Crippen LogP contribution is -2.53. The number of hydrogen-bond acceptors (Lipinski definition) is 7. The predicted octanol–water partition coefficient (Wildman–Crippen LogP) is 4.54. The van der Waals surface area contributed by atoms with Crippen LogP contribution in [0.15, 0.2) is 67.3 Å². The van der Waals surface area contributed by atoms with Gasteiger partial charge in [-0.3, -0.25) is 4.79 Å². The molecule has 2 aliphatic heterocycles. The second-order valence-corrected chi connectivity index (χ2v) is 10.5. The van der Waals surface area contributed by atoms with Gasteiger partial charge in [-0.25, -0.2) is 4.98 Å². The van der Waals surface area contributed by atoms with E-state index in [9.17, 15) is 4.79 Å². The molecule has 2 atom stereocenters. The summed E-state index contributed by atoms with van der Waals surface area (Å²) in [6.45, 7) is 9.24. The molecule has 6 rings (SSSR count). The predicted molar refractivity (Wildman–Crippen MR) is 155 cm³/mol. The molecule has 2 aliphatic rings. The van der Waals surface area contributed by atoms with Crippen molar-refractivity contribution in [1.29, 1.82) is 0 Å². The molecule has 0 unspecified atom stereocenters. The van der Waals surface area contributed by atoms with Crippen molar-refractivity contribution in [2.45, 2.75) is 31.8 Å². The summed E-state index contributed by atoms with van der Waals surface area (Å²) in [5.41, 5.74) is 2.53. The Morgan fingerprint density at radius 2 is 1.87 bits per heavy atom. The number of ether oxygens (including phenoxy) is 1. The molecule has 8 nitrogen and oxygen atoms in total. The first-order valence-electron chi connectivity index (χ1n) is 13.7. The zero-order chi connectivity index (χ0) is 26.9. The van der Waals surface area contributed by atoms with Gasteiger partial charge >= 0.3 is 6.01 Å². The first-order valence-corrected chi connectivity index (χ1v) is 13.7. The Labute approximate surface area is 228 Å². The quantitative estimate of drug-likeness (QED) is 0.344. The smallest absolute Gasteiger partial charge is 0.320 e. The minimum Gasteiger partial charge on any atom is -0.462 e. The third-order valence-corrected chi connectivity index (χ3v) is 8.05. The fourth-order valence-corrected chi connectivity index (χ4v) is 5.82. The van der Waals surface area contributed by atoms with Crippen LogP contribution < -0.4 is 9.64 Å². The lowest BCUT2D eigenvalue weighted by molar-refractivity contribution is -0.126. The average molecular weight is 523 g/mol. The summed E-state index contributed by atoms with van der Waals surface area (Å²) in [4.78, 5) is 33.4. The molecular formula is C31H34N6O2. The van der Waals surface area contributed by atoms with Crippen molar-refractivity contribution in [3.05, 3.63) is 67.3 Å². The van der Waals surface area contributed by atoms with Crippen molar-refractivity contribution >= 4 is 33.5 Å². The van der Waals surface area contributed by atoms with Gasteiger partial charge in [-0.2, -0.15) is 9.97 Å². The molecule has 0 spiro atoms. The van der Waals surface area contributed by atoms with Crippen LogP contribution in [0.5, 0.6) is 6.01 Å². The van der Waals surface area contributed by atoms with E-state index < -0.39 is 0 Å². The van der Waals surface area contributed by atoms with Gasteiger partial charge in [-0.1, -0.05) is 49.0 Å². The van der Waals surface area contributed by atoms with E-state index in [4.69, 9.17) is 19.7 Å². The molecule has 0 N–H and O–H groups in total. The highest BCUT2D eigenvalue weighted by molar-refractivity contribution is 5.97. The molecule has 0 saturated carbocycles. The molecule has 2 aromatic carbocycles. The molecule has 4 aromatic rings. The molecule has 2 saturated heterocycles. The molecule has 8 heteroatoms. The van der Waals surface area contributed by atoms with Crippen molar-refractivity contribution in [3.8, 4) is 17.3 Å². The van der Waals surface area contributed by atoms with Crippen LogP contribution in [0.1, 0.15) is 19.8 Å². The highest BCUT2D eigenvalue weighted by Crippen LogP contribution is 2.33.